The molecule has 1 heterocycles. The second-order valence-electron chi connectivity index (χ2n) is 15.4. The molecule has 4 rings (SSSR count). The molecule has 3 aliphatic carbocycles. The van der Waals surface area contributed by atoms with E-state index in [4.69, 9.17) is 5.73 Å². The fourth-order valence-corrected chi connectivity index (χ4v) is 9.05. The summed E-state index contributed by atoms with van der Waals surface area (Å²) in [6.45, 7) is 11.8. The molecule has 13 heteroatoms. The van der Waals surface area contributed by atoms with Crippen LogP contribution < -0.4 is 21.7 Å². The quantitative estimate of drug-likeness (QED) is 0.187. The van der Waals surface area contributed by atoms with Gasteiger partial charge >= 0.3 is 6.03 Å². The van der Waals surface area contributed by atoms with E-state index in [0.717, 1.165) is 32.1 Å². The molecule has 0 bridgehead atoms. The van der Waals surface area contributed by atoms with Gasteiger partial charge in [0.1, 0.15) is 6.23 Å². The second kappa shape index (κ2) is 12.5. The van der Waals surface area contributed by atoms with Gasteiger partial charge in [0.25, 0.3) is 5.91 Å². The van der Waals surface area contributed by atoms with Crippen molar-refractivity contribution in [2.75, 3.05) is 18.1 Å². The van der Waals surface area contributed by atoms with Gasteiger partial charge in [-0.15, -0.1) is 0 Å². The molecule has 44 heavy (non-hydrogen) atoms. The van der Waals surface area contributed by atoms with Crippen molar-refractivity contribution in [1.82, 2.24) is 20.9 Å². The van der Waals surface area contributed by atoms with Crippen LogP contribution >= 0.6 is 0 Å². The topological polar surface area (TPSA) is 188 Å². The van der Waals surface area contributed by atoms with E-state index in [-0.39, 0.29) is 34.7 Å². The van der Waals surface area contributed by atoms with Gasteiger partial charge in [-0.05, 0) is 47.8 Å². The Hall–Kier alpha value is -2.25. The first-order chi connectivity index (χ1) is 20.3. The molecule has 0 aromatic heterocycles. The van der Waals surface area contributed by atoms with Crippen molar-refractivity contribution in [3.63, 3.8) is 0 Å². The Morgan fingerprint density at radius 2 is 1.66 bits per heavy atom. The molecule has 250 valence electrons. The number of amides is 4. The number of nitrogens with zero attached hydrogens (tertiary/aromatic N) is 1. The molecule has 6 N–H and O–H groups in total. The van der Waals surface area contributed by atoms with Crippen molar-refractivity contribution in [3.05, 3.63) is 0 Å². The molecule has 5 unspecified atom stereocenters. The van der Waals surface area contributed by atoms with E-state index < -0.39 is 68.8 Å². The zero-order valence-corrected chi connectivity index (χ0v) is 28.0. The predicted octanol–water partition coefficient (Wildman–Crippen LogP) is 1.45. The first-order valence-electron chi connectivity index (χ1n) is 16.2. The summed E-state index contributed by atoms with van der Waals surface area (Å²) in [5.41, 5.74) is 3.62. The number of nitrogens with one attached hydrogen (secondary N) is 3. The zero-order chi connectivity index (χ0) is 32.8. The van der Waals surface area contributed by atoms with Gasteiger partial charge in [-0.2, -0.15) is 0 Å². The molecule has 4 fully saturated rings. The number of sulfone groups is 1. The lowest BCUT2D eigenvalue weighted by Crippen LogP contribution is -2.65. The molecule has 3 saturated carbocycles. The van der Waals surface area contributed by atoms with Crippen molar-refractivity contribution < 1.29 is 32.7 Å². The molecule has 1 aliphatic heterocycles. The molecule has 6 atom stereocenters. The fraction of sp³-hybridized carbons (Fsp3) is 0.871. The van der Waals surface area contributed by atoms with Gasteiger partial charge in [0, 0.05) is 12.3 Å². The van der Waals surface area contributed by atoms with Crippen LogP contribution in [0.3, 0.4) is 0 Å². The highest BCUT2D eigenvalue weighted by Gasteiger charge is 2.69. The van der Waals surface area contributed by atoms with Crippen molar-refractivity contribution in [2.45, 2.75) is 123 Å². The number of hydrogen-bond donors (Lipinski definition) is 5. The maximum Gasteiger partial charge on any atom is 0.315 e. The Balaban J connectivity index is 1.54. The van der Waals surface area contributed by atoms with Crippen LogP contribution in [0.5, 0.6) is 0 Å². The maximum absolute atomic E-state index is 13.9. The van der Waals surface area contributed by atoms with Gasteiger partial charge < -0.3 is 26.8 Å². The number of Topliss-reactive ketones (excluding diaryl/α,β-unsaturated/α-hetero) is 1. The van der Waals surface area contributed by atoms with E-state index in [1.54, 1.807) is 11.8 Å². The average molecular weight is 640 g/mol. The number of aliphatic hydroxyl groups is 1. The SMILES string of the molecule is CCS(=O)(=O)CC1(NC(=O)N[C@H](C(O)N2CC3C(C2C(=O)NC(CC2CC2)C(=O)C(N)=O)C3(C)C)C(C)(C)C)CCCCC1. The highest BCUT2D eigenvalue weighted by molar-refractivity contribution is 7.91. The third kappa shape index (κ3) is 7.58. The maximum atomic E-state index is 13.9. The summed E-state index contributed by atoms with van der Waals surface area (Å²) >= 11 is 0. The fourth-order valence-electron chi connectivity index (χ4n) is 7.65. The third-order valence-electron chi connectivity index (χ3n) is 10.6. The van der Waals surface area contributed by atoms with E-state index in [1.165, 1.54) is 0 Å². The van der Waals surface area contributed by atoms with E-state index in [1.807, 2.05) is 20.8 Å². The lowest BCUT2D eigenvalue weighted by Gasteiger charge is -2.43. The van der Waals surface area contributed by atoms with E-state index >= 15 is 0 Å². The standard InChI is InChI=1S/C31H53N5O7S/c1-7-44(42,43)17-31(13-9-8-10-14-31)35-28(41)34-24(29(2,3)4)27(40)36-16-19-21(30(19,5)6)22(36)26(39)33-20(15-18-11-12-18)23(37)25(32)38/h18-22,24,27,40H,7-17H2,1-6H3,(H2,32,38)(H,33,39)(H2,34,35,41)/t19?,20?,21?,22?,24-,27?/m1/s1. The Morgan fingerprint density at radius 3 is 2.18 bits per heavy atom. The number of ketones is 1. The molecular formula is C31H53N5O7S. The van der Waals surface area contributed by atoms with Crippen molar-refractivity contribution in [1.29, 1.82) is 0 Å². The second-order valence-corrected chi connectivity index (χ2v) is 17.8. The number of carbonyl (C=O) groups excluding carboxylic acids is 4. The Labute approximate surface area is 261 Å². The molecule has 4 amide bonds. The highest BCUT2D eigenvalue weighted by atomic mass is 32.2. The van der Waals surface area contributed by atoms with Gasteiger partial charge in [0.05, 0.1) is 29.4 Å². The number of likely N-dealkylation sites (tertiary alicyclic amines) is 1. The normalized spacial score (nSPS) is 28.2. The molecule has 0 radical (unpaired) electrons. The number of urea groups is 1. The number of carbonyl (C=O) groups is 4. The van der Waals surface area contributed by atoms with Crippen LogP contribution in [0, 0.1) is 28.6 Å². The molecule has 0 aromatic carbocycles. The average Bonchev–Trinajstić information content (AvgIpc) is 3.77. The number of rotatable bonds is 13. The van der Waals surface area contributed by atoms with Crippen LogP contribution in [0.15, 0.2) is 0 Å². The van der Waals surface area contributed by atoms with Gasteiger partial charge in [0.15, 0.2) is 9.84 Å². The van der Waals surface area contributed by atoms with Crippen molar-refractivity contribution >= 4 is 33.5 Å². The van der Waals surface area contributed by atoms with Crippen LogP contribution in [0.1, 0.15) is 92.9 Å². The Bertz CT molecular complexity index is 1240. The van der Waals surface area contributed by atoms with Crippen molar-refractivity contribution in [2.24, 2.45) is 34.3 Å². The summed E-state index contributed by atoms with van der Waals surface area (Å²) in [7, 11) is -3.36. The van der Waals surface area contributed by atoms with Gasteiger partial charge in [-0.25, -0.2) is 13.2 Å². The third-order valence-corrected chi connectivity index (χ3v) is 12.5. The molecule has 0 aromatic rings. The van der Waals surface area contributed by atoms with E-state index in [9.17, 15) is 32.7 Å². The van der Waals surface area contributed by atoms with Crippen LogP contribution in [0.2, 0.25) is 0 Å². The van der Waals surface area contributed by atoms with Crippen LogP contribution in [-0.4, -0.2) is 90.0 Å². The summed E-state index contributed by atoms with van der Waals surface area (Å²) in [5.74, 6) is -2.19. The minimum atomic E-state index is -3.36. The summed E-state index contributed by atoms with van der Waals surface area (Å²) in [4.78, 5) is 53.5. The largest absolute Gasteiger partial charge is 0.376 e. The number of fused-ring (bicyclic) bond motifs is 1. The first-order valence-corrected chi connectivity index (χ1v) is 18.0. The number of primary amides is 1. The van der Waals surface area contributed by atoms with Gasteiger partial charge in [-0.1, -0.05) is 73.6 Å². The highest BCUT2D eigenvalue weighted by Crippen LogP contribution is 2.65. The summed E-state index contributed by atoms with van der Waals surface area (Å²) in [5, 5.41) is 20.6. The summed E-state index contributed by atoms with van der Waals surface area (Å²) < 4.78 is 25.2. The zero-order valence-electron chi connectivity index (χ0n) is 27.1. The first kappa shape index (κ1) is 34.6. The van der Waals surface area contributed by atoms with Crippen LogP contribution in [-0.2, 0) is 24.2 Å². The van der Waals surface area contributed by atoms with Crippen LogP contribution in [0.4, 0.5) is 4.79 Å². The molecular weight excluding hydrogens is 586 g/mol. The number of nitrogens with two attached hydrogens (primary N) is 1. The minimum Gasteiger partial charge on any atom is -0.376 e. The molecule has 0 spiro atoms. The Kier molecular flexibility index (Phi) is 9.84. The monoisotopic (exact) mass is 639 g/mol. The summed E-state index contributed by atoms with van der Waals surface area (Å²) in [6, 6.07) is -3.17. The van der Waals surface area contributed by atoms with Crippen molar-refractivity contribution in [3.8, 4) is 0 Å². The van der Waals surface area contributed by atoms with Crippen LogP contribution in [0.25, 0.3) is 0 Å². The molecule has 1 saturated heterocycles. The summed E-state index contributed by atoms with van der Waals surface area (Å²) in [6.07, 6.45) is 4.67. The van der Waals surface area contributed by atoms with E-state index in [2.05, 4.69) is 29.8 Å². The lowest BCUT2D eigenvalue weighted by atomic mass is 9.83. The van der Waals surface area contributed by atoms with Gasteiger partial charge in [0.2, 0.25) is 11.7 Å². The molecule has 4 aliphatic rings. The number of hydrogen-bond acceptors (Lipinski definition) is 8. The molecule has 12 nitrogen and oxygen atoms in total. The predicted molar refractivity (Wildman–Crippen MR) is 166 cm³/mol. The number of aliphatic hydroxyl groups excluding tert-OH is 1. The Morgan fingerprint density at radius 1 is 1.05 bits per heavy atom. The lowest BCUT2D eigenvalue weighted by molar-refractivity contribution is -0.141. The number of piperidine rings is 1. The van der Waals surface area contributed by atoms with Gasteiger partial charge in [-0.3, -0.25) is 19.3 Å². The smallest absolute Gasteiger partial charge is 0.315 e. The van der Waals surface area contributed by atoms with E-state index in [0.29, 0.717) is 25.8 Å². The minimum absolute atomic E-state index is 0.00890.